The number of nitrogens with one attached hydrogen (secondary N) is 1. The fourth-order valence-corrected chi connectivity index (χ4v) is 4.90. The number of pyridine rings is 2. The lowest BCUT2D eigenvalue weighted by Crippen LogP contribution is -2.27. The first kappa shape index (κ1) is 22.8. The molecule has 0 radical (unpaired) electrons. The molecular weight excluding hydrogens is 440 g/mol. The van der Waals surface area contributed by atoms with Crippen molar-refractivity contribution < 1.29 is 23.0 Å². The van der Waals surface area contributed by atoms with Gasteiger partial charge in [0.25, 0.3) is 0 Å². The van der Waals surface area contributed by atoms with Crippen LogP contribution in [-0.2, 0) is 11.2 Å². The van der Waals surface area contributed by atoms with Crippen LogP contribution in [0.1, 0.15) is 41.4 Å². The molecule has 6 nitrogen and oxygen atoms in total. The Labute approximate surface area is 196 Å². The lowest BCUT2D eigenvalue weighted by molar-refractivity contribution is 0.0214. The number of benzene rings is 1. The number of hydrogen-bond acceptors (Lipinski definition) is 6. The molecule has 4 heterocycles. The van der Waals surface area contributed by atoms with Gasteiger partial charge >= 0.3 is 0 Å². The van der Waals surface area contributed by atoms with Crippen molar-refractivity contribution in [3.05, 3.63) is 65.0 Å². The van der Waals surface area contributed by atoms with Crippen molar-refractivity contribution in [3.8, 4) is 5.88 Å². The second-order valence-corrected chi connectivity index (χ2v) is 9.25. The number of nitrogens with zero attached hydrogens (tertiary/aromatic N) is 2. The molecule has 2 aromatic heterocycles. The average Bonchev–Trinajstić information content (AvgIpc) is 3.61. The number of hydrogen-bond donors (Lipinski definition) is 1. The zero-order valence-electron chi connectivity index (χ0n) is 19.2. The van der Waals surface area contributed by atoms with Crippen molar-refractivity contribution in [2.75, 3.05) is 20.3 Å². The number of methoxy groups -OCH3 is 1. The smallest absolute Gasteiger partial charge is 0.213 e. The molecule has 34 heavy (non-hydrogen) atoms. The summed E-state index contributed by atoms with van der Waals surface area (Å²) in [5.41, 5.74) is 1.32. The number of carbonyl (C=O) groups excluding carboxylic acids is 1. The number of carbonyl (C=O) groups is 1. The molecule has 8 heteroatoms. The molecule has 3 aromatic rings. The highest BCUT2D eigenvalue weighted by atomic mass is 19.1. The summed E-state index contributed by atoms with van der Waals surface area (Å²) in [6.07, 6.45) is 3.75. The van der Waals surface area contributed by atoms with E-state index in [4.69, 9.17) is 9.47 Å². The number of halogens is 2. The normalized spacial score (nSPS) is 24.2. The zero-order valence-corrected chi connectivity index (χ0v) is 19.2. The number of rotatable bonds is 7. The first-order valence-electron chi connectivity index (χ1n) is 11.6. The van der Waals surface area contributed by atoms with E-state index in [0.29, 0.717) is 23.3 Å². The van der Waals surface area contributed by atoms with E-state index in [-0.39, 0.29) is 40.9 Å². The summed E-state index contributed by atoms with van der Waals surface area (Å²) < 4.78 is 40.2. The van der Waals surface area contributed by atoms with E-state index in [9.17, 15) is 13.6 Å². The predicted molar refractivity (Wildman–Crippen MR) is 123 cm³/mol. The largest absolute Gasteiger partial charge is 0.481 e. The standard InChI is InChI=1S/C26H27F2N3O3/c1-14-13-34-8-6-16(14)11-20-25(30-20)26(32)21-12-17(9-15-5-7-29-22(10-15)33-2)23-18(27)3-4-19(28)24(23)31-21/h3-5,7,10,12,14,16,20,25,30H,6,8-9,11,13H2,1-2H3/t14-,16+,20?,25?/m0/s1. The second-order valence-electron chi connectivity index (χ2n) is 9.25. The third kappa shape index (κ3) is 4.52. The summed E-state index contributed by atoms with van der Waals surface area (Å²) in [6.45, 7) is 3.67. The minimum absolute atomic E-state index is 0.0702. The van der Waals surface area contributed by atoms with Crippen LogP contribution in [0, 0.1) is 23.5 Å². The second kappa shape index (κ2) is 9.35. The Morgan fingerprint density at radius 3 is 2.85 bits per heavy atom. The molecule has 0 amide bonds. The van der Waals surface area contributed by atoms with E-state index in [1.807, 2.05) is 0 Å². The van der Waals surface area contributed by atoms with Gasteiger partial charge in [-0.2, -0.15) is 0 Å². The lowest BCUT2D eigenvalue weighted by atomic mass is 9.85. The fraction of sp³-hybridized carbons (Fsp3) is 0.423. The van der Waals surface area contributed by atoms with Gasteiger partial charge in [0.15, 0.2) is 5.78 Å². The topological polar surface area (TPSA) is 83.2 Å². The van der Waals surface area contributed by atoms with Crippen LogP contribution < -0.4 is 10.1 Å². The van der Waals surface area contributed by atoms with Crippen molar-refractivity contribution in [1.82, 2.24) is 15.3 Å². The molecular formula is C26H27F2N3O3. The first-order chi connectivity index (χ1) is 16.4. The van der Waals surface area contributed by atoms with Crippen molar-refractivity contribution in [2.24, 2.45) is 11.8 Å². The van der Waals surface area contributed by atoms with E-state index in [2.05, 4.69) is 22.2 Å². The molecule has 0 spiro atoms. The third-order valence-corrected chi connectivity index (χ3v) is 6.94. The molecule has 1 aromatic carbocycles. The van der Waals surface area contributed by atoms with Gasteiger partial charge in [-0.3, -0.25) is 4.79 Å². The van der Waals surface area contributed by atoms with Crippen molar-refractivity contribution in [1.29, 1.82) is 0 Å². The van der Waals surface area contributed by atoms with Gasteiger partial charge in [0, 0.05) is 36.9 Å². The molecule has 0 aliphatic carbocycles. The maximum Gasteiger partial charge on any atom is 0.213 e. The molecule has 2 saturated heterocycles. The van der Waals surface area contributed by atoms with Crippen LogP contribution in [0.5, 0.6) is 5.88 Å². The molecule has 0 bridgehead atoms. The first-order valence-corrected chi connectivity index (χ1v) is 11.6. The van der Waals surface area contributed by atoms with Gasteiger partial charge in [0.2, 0.25) is 5.88 Å². The monoisotopic (exact) mass is 467 g/mol. The van der Waals surface area contributed by atoms with E-state index < -0.39 is 11.6 Å². The summed E-state index contributed by atoms with van der Waals surface area (Å²) in [4.78, 5) is 21.7. The van der Waals surface area contributed by atoms with Gasteiger partial charge in [-0.1, -0.05) is 6.92 Å². The summed E-state index contributed by atoms with van der Waals surface area (Å²) in [7, 11) is 1.51. The van der Waals surface area contributed by atoms with Gasteiger partial charge in [-0.15, -0.1) is 0 Å². The molecule has 2 aliphatic rings. The molecule has 2 fully saturated rings. The van der Waals surface area contributed by atoms with Gasteiger partial charge in [0.05, 0.1) is 13.2 Å². The molecule has 4 atom stereocenters. The van der Waals surface area contributed by atoms with E-state index >= 15 is 0 Å². The summed E-state index contributed by atoms with van der Waals surface area (Å²) in [5, 5.41) is 3.36. The van der Waals surface area contributed by atoms with Crippen molar-refractivity contribution in [3.63, 3.8) is 0 Å². The number of fused-ring (bicyclic) bond motifs is 1. The highest BCUT2D eigenvalue weighted by Gasteiger charge is 2.45. The van der Waals surface area contributed by atoms with Crippen LogP contribution in [-0.4, -0.2) is 48.2 Å². The molecule has 5 rings (SSSR count). The molecule has 178 valence electrons. The Hall–Kier alpha value is -2.97. The van der Waals surface area contributed by atoms with Gasteiger partial charge < -0.3 is 14.8 Å². The molecule has 2 aliphatic heterocycles. The van der Waals surface area contributed by atoms with Crippen LogP contribution in [0.15, 0.2) is 36.5 Å². The minimum Gasteiger partial charge on any atom is -0.481 e. The van der Waals surface area contributed by atoms with E-state index in [1.165, 1.54) is 7.11 Å². The van der Waals surface area contributed by atoms with Crippen LogP contribution in [0.4, 0.5) is 8.78 Å². The quantitative estimate of drug-likeness (QED) is 0.416. The highest BCUT2D eigenvalue weighted by Crippen LogP contribution is 2.33. The summed E-state index contributed by atoms with van der Waals surface area (Å²) in [5.74, 6) is -0.0510. The Kier molecular flexibility index (Phi) is 6.27. The van der Waals surface area contributed by atoms with Crippen molar-refractivity contribution in [2.45, 2.75) is 38.3 Å². The van der Waals surface area contributed by atoms with Crippen LogP contribution in [0.2, 0.25) is 0 Å². The number of aromatic nitrogens is 2. The lowest BCUT2D eigenvalue weighted by Gasteiger charge is -2.28. The number of ether oxygens (including phenoxy) is 2. The maximum atomic E-state index is 14.8. The third-order valence-electron chi connectivity index (χ3n) is 6.94. The number of Topliss-reactive ketones (excluding diaryl/α,β-unsaturated/α-hetero) is 1. The summed E-state index contributed by atoms with van der Waals surface area (Å²) in [6, 6.07) is 6.95. The Bertz CT molecular complexity index is 1240. The maximum absolute atomic E-state index is 14.8. The van der Waals surface area contributed by atoms with Gasteiger partial charge in [-0.05, 0) is 66.5 Å². The highest BCUT2D eigenvalue weighted by molar-refractivity contribution is 6.03. The fourth-order valence-electron chi connectivity index (χ4n) is 4.90. The van der Waals surface area contributed by atoms with E-state index in [0.717, 1.165) is 43.8 Å². The van der Waals surface area contributed by atoms with Crippen LogP contribution in [0.3, 0.4) is 0 Å². The zero-order chi connectivity index (χ0) is 23.8. The van der Waals surface area contributed by atoms with Gasteiger partial charge in [-0.25, -0.2) is 18.7 Å². The van der Waals surface area contributed by atoms with E-state index in [1.54, 1.807) is 24.4 Å². The predicted octanol–water partition coefficient (Wildman–Crippen LogP) is 4.09. The average molecular weight is 468 g/mol. The molecule has 0 saturated carbocycles. The van der Waals surface area contributed by atoms with Gasteiger partial charge in [0.1, 0.15) is 22.8 Å². The summed E-state index contributed by atoms with van der Waals surface area (Å²) >= 11 is 0. The Balaban J connectivity index is 1.45. The van der Waals surface area contributed by atoms with Crippen LogP contribution >= 0.6 is 0 Å². The minimum atomic E-state index is -0.657. The molecule has 2 unspecified atom stereocenters. The number of ketones is 1. The SMILES string of the molecule is COc1cc(Cc2cc(C(=O)C3NC3C[C@H]3CCOC[C@@H]3C)nc3c(F)ccc(F)c23)ccn1. The Morgan fingerprint density at radius 1 is 1.24 bits per heavy atom. The Morgan fingerprint density at radius 2 is 2.06 bits per heavy atom. The van der Waals surface area contributed by atoms with Crippen molar-refractivity contribution >= 4 is 16.7 Å². The molecule has 1 N–H and O–H groups in total. The van der Waals surface area contributed by atoms with Crippen LogP contribution in [0.25, 0.3) is 10.9 Å².